The molecule has 0 bridgehead atoms. The van der Waals surface area contributed by atoms with Crippen LogP contribution < -0.4 is 14.2 Å². The lowest BCUT2D eigenvalue weighted by Gasteiger charge is -2.28. The number of benzene rings is 3. The third kappa shape index (κ3) is 5.96. The van der Waals surface area contributed by atoms with Gasteiger partial charge in [-0.05, 0) is 91.1 Å². The van der Waals surface area contributed by atoms with Crippen molar-refractivity contribution in [2.24, 2.45) is 5.92 Å². The predicted molar refractivity (Wildman–Crippen MR) is 131 cm³/mol. The zero-order chi connectivity index (χ0) is 23.9. The van der Waals surface area contributed by atoms with Gasteiger partial charge in [0.05, 0.1) is 7.11 Å². The van der Waals surface area contributed by atoms with Crippen LogP contribution in [0.3, 0.4) is 0 Å². The third-order valence-electron chi connectivity index (χ3n) is 6.64. The number of carbonyl (C=O) groups is 1. The van der Waals surface area contributed by atoms with Crippen molar-refractivity contribution in [1.82, 2.24) is 0 Å². The minimum atomic E-state index is -0.845. The number of methoxy groups -OCH3 is 1. The molecule has 178 valence electrons. The summed E-state index contributed by atoms with van der Waals surface area (Å²) < 4.78 is 30.5. The Hall–Kier alpha value is -3.34. The van der Waals surface area contributed by atoms with E-state index in [2.05, 4.69) is 13.0 Å². The molecule has 0 unspecified atom stereocenters. The molecule has 0 radical (unpaired) electrons. The van der Waals surface area contributed by atoms with Gasteiger partial charge in [-0.2, -0.15) is 0 Å². The van der Waals surface area contributed by atoms with Crippen molar-refractivity contribution >= 4 is 6.16 Å². The molecule has 4 rings (SSSR count). The van der Waals surface area contributed by atoms with E-state index >= 15 is 0 Å². The molecule has 3 aromatic carbocycles. The fourth-order valence-electron chi connectivity index (χ4n) is 4.77. The average molecular weight is 463 g/mol. The Balaban J connectivity index is 1.36. The van der Waals surface area contributed by atoms with E-state index in [1.165, 1.54) is 25.7 Å². The van der Waals surface area contributed by atoms with Crippen LogP contribution in [0, 0.1) is 11.7 Å². The molecule has 0 aliphatic heterocycles. The molecular weight excluding hydrogens is 431 g/mol. The third-order valence-corrected chi connectivity index (χ3v) is 6.64. The van der Waals surface area contributed by atoms with Crippen LogP contribution in [0.15, 0.2) is 66.7 Å². The quantitative estimate of drug-likeness (QED) is 0.262. The SMILES string of the molecule is CCCC1CCC(c2ccc(-c3ccc(OC(=O)Oc4ccc(OC)cc4)cc3)c(F)c2)CC1. The Bertz CT molecular complexity index is 1080. The number of carbonyl (C=O) groups excluding carboxylic acids is 1. The second kappa shape index (κ2) is 11.2. The van der Waals surface area contributed by atoms with Crippen LogP contribution in [0.4, 0.5) is 9.18 Å². The second-order valence-electron chi connectivity index (χ2n) is 8.90. The normalized spacial score (nSPS) is 17.7. The fraction of sp³-hybridized carbons (Fsp3) is 0.345. The number of halogens is 1. The minimum absolute atomic E-state index is 0.222. The summed E-state index contributed by atoms with van der Waals surface area (Å²) in [4.78, 5) is 12.1. The minimum Gasteiger partial charge on any atom is -0.497 e. The number of rotatable bonds is 7. The highest BCUT2D eigenvalue weighted by Gasteiger charge is 2.22. The summed E-state index contributed by atoms with van der Waals surface area (Å²) in [7, 11) is 1.56. The van der Waals surface area contributed by atoms with Gasteiger partial charge in [-0.25, -0.2) is 9.18 Å². The molecular formula is C29H31FO4. The summed E-state index contributed by atoms with van der Waals surface area (Å²) in [6.07, 6.45) is 6.46. The highest BCUT2D eigenvalue weighted by Crippen LogP contribution is 2.38. The highest BCUT2D eigenvalue weighted by molar-refractivity contribution is 5.69. The van der Waals surface area contributed by atoms with E-state index in [0.29, 0.717) is 28.7 Å². The Kier molecular flexibility index (Phi) is 7.84. The van der Waals surface area contributed by atoms with E-state index in [1.807, 2.05) is 6.07 Å². The van der Waals surface area contributed by atoms with Crippen molar-refractivity contribution in [2.75, 3.05) is 7.11 Å². The predicted octanol–water partition coefficient (Wildman–Crippen LogP) is 8.15. The van der Waals surface area contributed by atoms with E-state index in [4.69, 9.17) is 14.2 Å². The zero-order valence-electron chi connectivity index (χ0n) is 19.8. The van der Waals surface area contributed by atoms with E-state index in [1.54, 1.807) is 61.7 Å². The smallest absolute Gasteiger partial charge is 0.497 e. The summed E-state index contributed by atoms with van der Waals surface area (Å²) >= 11 is 0. The molecule has 1 fully saturated rings. The zero-order valence-corrected chi connectivity index (χ0v) is 19.8. The van der Waals surface area contributed by atoms with Gasteiger partial charge in [0.2, 0.25) is 0 Å². The van der Waals surface area contributed by atoms with E-state index in [9.17, 15) is 9.18 Å². The van der Waals surface area contributed by atoms with Crippen LogP contribution in [-0.4, -0.2) is 13.3 Å². The van der Waals surface area contributed by atoms with Gasteiger partial charge in [-0.1, -0.05) is 44.0 Å². The molecule has 0 N–H and O–H groups in total. The molecule has 0 saturated heterocycles. The molecule has 34 heavy (non-hydrogen) atoms. The summed E-state index contributed by atoms with van der Waals surface area (Å²) in [6.45, 7) is 2.24. The summed E-state index contributed by atoms with van der Waals surface area (Å²) in [5.41, 5.74) is 2.36. The van der Waals surface area contributed by atoms with Crippen molar-refractivity contribution in [2.45, 2.75) is 51.4 Å². The van der Waals surface area contributed by atoms with E-state index in [-0.39, 0.29) is 5.82 Å². The molecule has 5 heteroatoms. The van der Waals surface area contributed by atoms with Gasteiger partial charge in [0, 0.05) is 5.56 Å². The first kappa shape index (κ1) is 23.8. The topological polar surface area (TPSA) is 44.8 Å². The molecule has 1 saturated carbocycles. The van der Waals surface area contributed by atoms with Crippen molar-refractivity contribution < 1.29 is 23.4 Å². The first-order chi connectivity index (χ1) is 16.6. The molecule has 1 aliphatic rings. The lowest BCUT2D eigenvalue weighted by molar-refractivity contribution is 0.152. The Labute approximate surface area is 200 Å². The first-order valence-electron chi connectivity index (χ1n) is 12.0. The van der Waals surface area contributed by atoms with Crippen molar-refractivity contribution in [3.8, 4) is 28.4 Å². The van der Waals surface area contributed by atoms with Crippen LogP contribution in [0.1, 0.15) is 56.9 Å². The van der Waals surface area contributed by atoms with Gasteiger partial charge in [-0.15, -0.1) is 0 Å². The number of ether oxygens (including phenoxy) is 3. The van der Waals surface area contributed by atoms with Gasteiger partial charge in [0.25, 0.3) is 0 Å². The maximum atomic E-state index is 15.0. The second-order valence-corrected chi connectivity index (χ2v) is 8.90. The molecule has 0 amide bonds. The average Bonchev–Trinajstić information content (AvgIpc) is 2.86. The van der Waals surface area contributed by atoms with Gasteiger partial charge < -0.3 is 14.2 Å². The van der Waals surface area contributed by atoms with Gasteiger partial charge in [0.15, 0.2) is 0 Å². The standard InChI is InChI=1S/C29H31FO4/c1-3-4-20-5-7-21(8-6-20)23-11-18-27(28(30)19-23)22-9-12-25(13-10-22)33-29(31)34-26-16-14-24(32-2)15-17-26/h9-21H,3-8H2,1-2H3. The Morgan fingerprint density at radius 1 is 0.853 bits per heavy atom. The molecule has 0 atom stereocenters. The van der Waals surface area contributed by atoms with Crippen molar-refractivity contribution in [3.05, 3.63) is 78.1 Å². The molecule has 0 spiro atoms. The Morgan fingerprint density at radius 2 is 1.44 bits per heavy atom. The van der Waals surface area contributed by atoms with Crippen LogP contribution >= 0.6 is 0 Å². The summed E-state index contributed by atoms with van der Waals surface area (Å²) in [5.74, 6) is 2.40. The van der Waals surface area contributed by atoms with Crippen molar-refractivity contribution in [3.63, 3.8) is 0 Å². The summed E-state index contributed by atoms with van der Waals surface area (Å²) in [5, 5.41) is 0. The lowest BCUT2D eigenvalue weighted by atomic mass is 9.77. The van der Waals surface area contributed by atoms with Crippen LogP contribution in [0.2, 0.25) is 0 Å². The van der Waals surface area contributed by atoms with Gasteiger partial charge in [-0.3, -0.25) is 0 Å². The molecule has 0 heterocycles. The monoisotopic (exact) mass is 462 g/mol. The van der Waals surface area contributed by atoms with Crippen LogP contribution in [0.5, 0.6) is 17.2 Å². The fourth-order valence-corrected chi connectivity index (χ4v) is 4.77. The molecule has 4 nitrogen and oxygen atoms in total. The first-order valence-corrected chi connectivity index (χ1v) is 12.0. The molecule has 0 aromatic heterocycles. The van der Waals surface area contributed by atoms with Crippen molar-refractivity contribution in [1.29, 1.82) is 0 Å². The van der Waals surface area contributed by atoms with Gasteiger partial charge >= 0.3 is 6.16 Å². The van der Waals surface area contributed by atoms with Crippen LogP contribution in [0.25, 0.3) is 11.1 Å². The van der Waals surface area contributed by atoms with Crippen LogP contribution in [-0.2, 0) is 0 Å². The molecule has 1 aliphatic carbocycles. The van der Waals surface area contributed by atoms with Gasteiger partial charge in [0.1, 0.15) is 23.1 Å². The Morgan fingerprint density at radius 3 is 2.00 bits per heavy atom. The lowest BCUT2D eigenvalue weighted by Crippen LogP contribution is -2.13. The van der Waals surface area contributed by atoms with E-state index in [0.717, 1.165) is 29.9 Å². The maximum absolute atomic E-state index is 15.0. The maximum Gasteiger partial charge on any atom is 0.519 e. The molecule has 3 aromatic rings. The number of hydrogen-bond donors (Lipinski definition) is 0. The number of hydrogen-bond acceptors (Lipinski definition) is 4. The summed E-state index contributed by atoms with van der Waals surface area (Å²) in [6, 6.07) is 19.0. The van der Waals surface area contributed by atoms with E-state index < -0.39 is 6.16 Å². The highest BCUT2D eigenvalue weighted by atomic mass is 19.1. The largest absolute Gasteiger partial charge is 0.519 e.